The van der Waals surface area contributed by atoms with E-state index in [0.29, 0.717) is 6.04 Å². The van der Waals surface area contributed by atoms with Crippen molar-refractivity contribution in [3.63, 3.8) is 0 Å². The lowest BCUT2D eigenvalue weighted by Gasteiger charge is -2.27. The van der Waals surface area contributed by atoms with Crippen molar-refractivity contribution < 1.29 is 0 Å². The van der Waals surface area contributed by atoms with Gasteiger partial charge in [0.1, 0.15) is 0 Å². The van der Waals surface area contributed by atoms with Crippen molar-refractivity contribution in [2.75, 3.05) is 0 Å². The zero-order chi connectivity index (χ0) is 15.7. The van der Waals surface area contributed by atoms with E-state index in [1.807, 2.05) is 18.5 Å². The van der Waals surface area contributed by atoms with Gasteiger partial charge in [-0.3, -0.25) is 4.98 Å². The summed E-state index contributed by atoms with van der Waals surface area (Å²) in [4.78, 5) is 6.69. The fourth-order valence-corrected chi connectivity index (χ4v) is 3.52. The largest absolute Gasteiger partial charge is 0.364 e. The Bertz CT molecular complexity index is 688. The van der Waals surface area contributed by atoms with Gasteiger partial charge < -0.3 is 4.90 Å². The van der Waals surface area contributed by atoms with E-state index in [0.717, 1.165) is 6.54 Å². The van der Waals surface area contributed by atoms with Crippen molar-refractivity contribution in [3.05, 3.63) is 59.9 Å². The van der Waals surface area contributed by atoms with E-state index in [2.05, 4.69) is 55.4 Å². The number of aryl methyl sites for hydroxylation is 1. The topological polar surface area (TPSA) is 16.1 Å². The van der Waals surface area contributed by atoms with Gasteiger partial charge in [0, 0.05) is 41.8 Å². The second-order valence-electron chi connectivity index (χ2n) is 6.28. The minimum atomic E-state index is 0.547. The summed E-state index contributed by atoms with van der Waals surface area (Å²) < 4.78 is 0. The second kappa shape index (κ2) is 5.96. The van der Waals surface area contributed by atoms with Gasteiger partial charge in [-0.25, -0.2) is 0 Å². The molecule has 0 saturated carbocycles. The number of fused-ring (bicyclic) bond motifs is 1. The van der Waals surface area contributed by atoms with Gasteiger partial charge in [0.25, 0.3) is 0 Å². The van der Waals surface area contributed by atoms with Crippen LogP contribution in [0.5, 0.6) is 0 Å². The number of pyridine rings is 1. The first-order valence-electron chi connectivity index (χ1n) is 8.11. The molecule has 114 valence electrons. The van der Waals surface area contributed by atoms with Crippen molar-refractivity contribution in [3.8, 4) is 11.1 Å². The summed E-state index contributed by atoms with van der Waals surface area (Å²) in [5.41, 5.74) is 7.67. The number of benzene rings is 1. The van der Waals surface area contributed by atoms with Crippen molar-refractivity contribution in [2.24, 2.45) is 0 Å². The summed E-state index contributed by atoms with van der Waals surface area (Å²) in [5.74, 6) is 0. The van der Waals surface area contributed by atoms with Crippen LogP contribution in [0.3, 0.4) is 0 Å². The third-order valence-electron chi connectivity index (χ3n) is 4.63. The molecule has 0 fully saturated rings. The highest BCUT2D eigenvalue weighted by atomic mass is 15.2. The highest BCUT2D eigenvalue weighted by Crippen LogP contribution is 2.38. The van der Waals surface area contributed by atoms with Gasteiger partial charge in [0.05, 0.1) is 0 Å². The van der Waals surface area contributed by atoms with Crippen LogP contribution in [-0.2, 0) is 6.54 Å². The van der Waals surface area contributed by atoms with E-state index >= 15 is 0 Å². The van der Waals surface area contributed by atoms with Crippen molar-refractivity contribution in [2.45, 2.75) is 46.2 Å². The van der Waals surface area contributed by atoms with E-state index in [4.69, 9.17) is 0 Å². The Morgan fingerprint density at radius 1 is 1.32 bits per heavy atom. The van der Waals surface area contributed by atoms with Gasteiger partial charge in [0.15, 0.2) is 0 Å². The predicted octanol–water partition coefficient (Wildman–Crippen LogP) is 5.03. The lowest BCUT2D eigenvalue weighted by Crippen LogP contribution is -2.26. The molecular formula is C20H24N2. The number of hydrogen-bond donors (Lipinski definition) is 0. The molecule has 22 heavy (non-hydrogen) atoms. The van der Waals surface area contributed by atoms with Crippen LogP contribution >= 0.6 is 0 Å². The van der Waals surface area contributed by atoms with Crippen LogP contribution in [0.1, 0.15) is 43.4 Å². The average Bonchev–Trinajstić information content (AvgIpc) is 2.86. The molecule has 0 amide bonds. The first-order chi connectivity index (χ1) is 10.6. The Labute approximate surface area is 133 Å². The molecule has 0 saturated heterocycles. The van der Waals surface area contributed by atoms with Gasteiger partial charge in [0.2, 0.25) is 0 Å². The molecule has 0 radical (unpaired) electrons. The molecule has 2 aromatic rings. The number of nitrogens with zero attached hydrogens (tertiary/aromatic N) is 2. The fourth-order valence-electron chi connectivity index (χ4n) is 3.52. The summed E-state index contributed by atoms with van der Waals surface area (Å²) in [6.45, 7) is 12.1. The fraction of sp³-hybridized carbons (Fsp3) is 0.350. The summed E-state index contributed by atoms with van der Waals surface area (Å²) >= 11 is 0. The number of aromatic nitrogens is 1. The van der Waals surface area contributed by atoms with E-state index in [1.165, 1.54) is 46.4 Å². The summed E-state index contributed by atoms with van der Waals surface area (Å²) in [7, 11) is 0. The van der Waals surface area contributed by atoms with Crippen molar-refractivity contribution in [1.82, 2.24) is 9.88 Å². The van der Waals surface area contributed by atoms with Crippen LogP contribution in [0.4, 0.5) is 0 Å². The molecule has 1 unspecified atom stereocenters. The maximum atomic E-state index is 4.36. The first kappa shape index (κ1) is 14.8. The molecule has 1 aliphatic heterocycles. The number of hydrogen-bond acceptors (Lipinski definition) is 2. The third kappa shape index (κ3) is 2.54. The second-order valence-corrected chi connectivity index (χ2v) is 6.28. The predicted molar refractivity (Wildman–Crippen MR) is 93.4 cm³/mol. The Balaban J connectivity index is 1.98. The molecule has 0 N–H and O–H groups in total. The minimum Gasteiger partial charge on any atom is -0.364 e. The Hall–Kier alpha value is -2.09. The van der Waals surface area contributed by atoms with Crippen LogP contribution in [0, 0.1) is 6.92 Å². The van der Waals surface area contributed by atoms with Crippen LogP contribution < -0.4 is 0 Å². The first-order valence-corrected chi connectivity index (χ1v) is 8.11. The highest BCUT2D eigenvalue weighted by Gasteiger charge is 2.27. The maximum absolute atomic E-state index is 4.36. The standard InChI is InChI=1S/C20H24N2/c1-5-7-15(3)22-13-19-11-18(17-8-6-9-21-12-17)10-14(2)20(19)16(22)4/h6,8-12,15H,4-5,7,13H2,1-3H3. The smallest absolute Gasteiger partial charge is 0.0439 e. The quantitative estimate of drug-likeness (QED) is 0.785. The van der Waals surface area contributed by atoms with E-state index in [-0.39, 0.29) is 0 Å². The Morgan fingerprint density at radius 2 is 2.14 bits per heavy atom. The van der Waals surface area contributed by atoms with Gasteiger partial charge in [-0.05, 0) is 49.1 Å². The third-order valence-corrected chi connectivity index (χ3v) is 4.63. The molecule has 3 rings (SSSR count). The molecular weight excluding hydrogens is 268 g/mol. The Kier molecular flexibility index (Phi) is 4.02. The summed E-state index contributed by atoms with van der Waals surface area (Å²) in [6, 6.07) is 9.23. The monoisotopic (exact) mass is 292 g/mol. The molecule has 1 aromatic carbocycles. The van der Waals surface area contributed by atoms with Crippen LogP contribution in [0.2, 0.25) is 0 Å². The van der Waals surface area contributed by atoms with E-state index in [1.54, 1.807) is 0 Å². The zero-order valence-electron chi connectivity index (χ0n) is 13.8. The molecule has 2 nitrogen and oxygen atoms in total. The van der Waals surface area contributed by atoms with Gasteiger partial charge in [-0.2, -0.15) is 0 Å². The normalized spacial score (nSPS) is 15.0. The summed E-state index contributed by atoms with van der Waals surface area (Å²) in [5, 5.41) is 0. The molecule has 1 aromatic heterocycles. The van der Waals surface area contributed by atoms with Gasteiger partial charge >= 0.3 is 0 Å². The maximum Gasteiger partial charge on any atom is 0.0439 e. The van der Waals surface area contributed by atoms with E-state index < -0.39 is 0 Å². The molecule has 1 aliphatic rings. The lowest BCUT2D eigenvalue weighted by molar-refractivity contribution is 0.302. The molecule has 0 aliphatic carbocycles. The molecule has 0 bridgehead atoms. The summed E-state index contributed by atoms with van der Waals surface area (Å²) in [6.07, 6.45) is 6.17. The molecule has 0 spiro atoms. The van der Waals surface area contributed by atoms with Gasteiger partial charge in [-0.15, -0.1) is 0 Å². The Morgan fingerprint density at radius 3 is 2.82 bits per heavy atom. The van der Waals surface area contributed by atoms with E-state index in [9.17, 15) is 0 Å². The SMILES string of the molecule is C=C1c2c(C)cc(-c3cccnc3)cc2CN1C(C)CCC. The minimum absolute atomic E-state index is 0.547. The number of rotatable bonds is 4. The van der Waals surface area contributed by atoms with Gasteiger partial charge in [-0.1, -0.05) is 32.1 Å². The molecule has 1 atom stereocenters. The molecule has 2 heteroatoms. The van der Waals surface area contributed by atoms with Crippen LogP contribution in [0.25, 0.3) is 16.8 Å². The average molecular weight is 292 g/mol. The van der Waals surface area contributed by atoms with Crippen LogP contribution in [-0.4, -0.2) is 15.9 Å². The molecule has 2 heterocycles. The highest BCUT2D eigenvalue weighted by molar-refractivity contribution is 5.76. The zero-order valence-corrected chi connectivity index (χ0v) is 13.8. The van der Waals surface area contributed by atoms with Crippen LogP contribution in [0.15, 0.2) is 43.2 Å². The van der Waals surface area contributed by atoms with Crippen molar-refractivity contribution >= 4 is 5.70 Å². The van der Waals surface area contributed by atoms with Crippen molar-refractivity contribution in [1.29, 1.82) is 0 Å². The lowest BCUT2D eigenvalue weighted by atomic mass is 9.96.